The monoisotopic (exact) mass is 557 g/mol. The minimum atomic E-state index is 0.520. The topological polar surface area (TPSA) is 0 Å². The van der Waals surface area contributed by atoms with Crippen molar-refractivity contribution in [1.29, 1.82) is 0 Å². The Balaban J connectivity index is -0.000000190. The Morgan fingerprint density at radius 1 is 0.436 bits per heavy atom. The molecule has 0 fully saturated rings. The van der Waals surface area contributed by atoms with Crippen LogP contribution < -0.4 is 0 Å². The summed E-state index contributed by atoms with van der Waals surface area (Å²) in [4.78, 5) is 0. The molecule has 4 atom stereocenters. The zero-order valence-electron chi connectivity index (χ0n) is 31.9. The smallest absolute Gasteiger partial charge is 0.0354 e. The van der Waals surface area contributed by atoms with Gasteiger partial charge in [0.25, 0.3) is 0 Å². The molecule has 0 aromatic rings. The fourth-order valence-electron chi connectivity index (χ4n) is 5.31. The molecule has 244 valence electrons. The third-order valence-corrected chi connectivity index (χ3v) is 8.50. The average molecular weight is 557 g/mol. The normalized spacial score (nSPS) is 13.8. The van der Waals surface area contributed by atoms with E-state index in [0.717, 1.165) is 35.5 Å². The van der Waals surface area contributed by atoms with Gasteiger partial charge in [0.1, 0.15) is 0 Å². The van der Waals surface area contributed by atoms with Crippen LogP contribution in [0.3, 0.4) is 0 Å². The number of unbranched alkanes of at least 4 members (excludes halogenated alkanes) is 1. The summed E-state index contributed by atoms with van der Waals surface area (Å²) in [5, 5.41) is 0. The first-order valence-corrected chi connectivity index (χ1v) is 18.4. The largest absolute Gasteiger partial charge is 0.0683 e. The lowest BCUT2D eigenvalue weighted by Gasteiger charge is -2.30. The molecule has 39 heavy (non-hydrogen) atoms. The predicted octanol–water partition coefficient (Wildman–Crippen LogP) is 15.4. The second-order valence-corrected chi connectivity index (χ2v) is 13.1. The molecule has 0 aliphatic carbocycles. The Morgan fingerprint density at radius 3 is 1.26 bits per heavy atom. The van der Waals surface area contributed by atoms with Crippen molar-refractivity contribution in [2.45, 2.75) is 215 Å². The van der Waals surface area contributed by atoms with Crippen LogP contribution in [0, 0.1) is 40.9 Å². The highest BCUT2D eigenvalue weighted by atomic mass is 14.3. The molecule has 0 aromatic carbocycles. The molecule has 0 aliphatic heterocycles. The van der Waals surface area contributed by atoms with Crippen LogP contribution in [0.5, 0.6) is 0 Å². The summed E-state index contributed by atoms with van der Waals surface area (Å²) in [6, 6.07) is 0. The molecule has 0 aliphatic rings. The summed E-state index contributed by atoms with van der Waals surface area (Å²) in [5.41, 5.74) is 0.520. The van der Waals surface area contributed by atoms with Crippen LogP contribution in [0.1, 0.15) is 215 Å². The zero-order valence-corrected chi connectivity index (χ0v) is 31.9. The molecule has 0 bridgehead atoms. The van der Waals surface area contributed by atoms with E-state index in [1.165, 1.54) is 89.9 Å². The van der Waals surface area contributed by atoms with Crippen LogP contribution >= 0.6 is 0 Å². The van der Waals surface area contributed by atoms with Gasteiger partial charge in [-0.3, -0.25) is 0 Å². The lowest BCUT2D eigenvalue weighted by Crippen LogP contribution is -2.19. The maximum atomic E-state index is 2.52. The van der Waals surface area contributed by atoms with E-state index in [1.807, 2.05) is 41.5 Å². The van der Waals surface area contributed by atoms with Crippen molar-refractivity contribution in [1.82, 2.24) is 0 Å². The molecule has 0 spiro atoms. The maximum Gasteiger partial charge on any atom is -0.0354 e. The fraction of sp³-hybridized carbons (Fsp3) is 1.00. The van der Waals surface area contributed by atoms with Crippen LogP contribution in [-0.4, -0.2) is 0 Å². The van der Waals surface area contributed by atoms with Gasteiger partial charge >= 0.3 is 0 Å². The van der Waals surface area contributed by atoms with E-state index in [-0.39, 0.29) is 0 Å². The lowest BCUT2D eigenvalue weighted by atomic mass is 9.76. The molecule has 0 aromatic heterocycles. The summed E-state index contributed by atoms with van der Waals surface area (Å²) < 4.78 is 0. The van der Waals surface area contributed by atoms with Gasteiger partial charge in [-0.15, -0.1) is 0 Å². The molecule has 0 saturated heterocycles. The Bertz CT molecular complexity index is 381. The average Bonchev–Trinajstić information content (AvgIpc) is 2.92. The first-order chi connectivity index (χ1) is 18.4. The van der Waals surface area contributed by atoms with Gasteiger partial charge in [-0.25, -0.2) is 0 Å². The van der Waals surface area contributed by atoms with Crippen molar-refractivity contribution in [2.24, 2.45) is 40.9 Å². The molecule has 0 nitrogen and oxygen atoms in total. The van der Waals surface area contributed by atoms with Crippen molar-refractivity contribution < 1.29 is 0 Å². The van der Waals surface area contributed by atoms with Crippen LogP contribution in [0.15, 0.2) is 0 Å². The van der Waals surface area contributed by atoms with E-state index in [2.05, 4.69) is 83.1 Å². The van der Waals surface area contributed by atoms with E-state index in [9.17, 15) is 0 Å². The SMILES string of the molecule is CC.CC.CC.CCCC(CCC)C(C)(C)C.CCCCC(CCC)C(C)CCC(C)CCCC(C)C(C)C. The fourth-order valence-corrected chi connectivity index (χ4v) is 5.31. The van der Waals surface area contributed by atoms with Crippen molar-refractivity contribution in [3.8, 4) is 0 Å². The van der Waals surface area contributed by atoms with Crippen molar-refractivity contribution in [2.75, 3.05) is 0 Å². The van der Waals surface area contributed by atoms with Crippen molar-refractivity contribution in [3.05, 3.63) is 0 Å². The molecule has 0 amide bonds. The molecule has 0 radical (unpaired) electrons. The molecule has 0 rings (SSSR count). The van der Waals surface area contributed by atoms with Crippen molar-refractivity contribution >= 4 is 0 Å². The van der Waals surface area contributed by atoms with E-state index >= 15 is 0 Å². The third kappa shape index (κ3) is 34.1. The van der Waals surface area contributed by atoms with Crippen LogP contribution in [0.2, 0.25) is 0 Å². The van der Waals surface area contributed by atoms with Gasteiger partial charge in [-0.1, -0.05) is 215 Å². The van der Waals surface area contributed by atoms with Gasteiger partial charge in [0.2, 0.25) is 0 Å². The van der Waals surface area contributed by atoms with Crippen LogP contribution in [0.25, 0.3) is 0 Å². The second kappa shape index (κ2) is 36.0. The minimum absolute atomic E-state index is 0.520. The predicted molar refractivity (Wildman–Crippen MR) is 190 cm³/mol. The highest BCUT2D eigenvalue weighted by Gasteiger charge is 2.22. The number of rotatable bonds is 18. The van der Waals surface area contributed by atoms with E-state index in [0.29, 0.717) is 5.41 Å². The summed E-state index contributed by atoms with van der Waals surface area (Å²) in [7, 11) is 0. The Labute approximate surface area is 255 Å². The second-order valence-electron chi connectivity index (χ2n) is 13.1. The highest BCUT2D eigenvalue weighted by Crippen LogP contribution is 2.33. The Hall–Kier alpha value is 0. The minimum Gasteiger partial charge on any atom is -0.0683 e. The summed E-state index contributed by atoms with van der Waals surface area (Å²) >= 11 is 0. The van der Waals surface area contributed by atoms with Gasteiger partial charge in [-0.05, 0) is 40.9 Å². The van der Waals surface area contributed by atoms with Crippen LogP contribution in [-0.2, 0) is 0 Å². The van der Waals surface area contributed by atoms with Crippen molar-refractivity contribution in [3.63, 3.8) is 0 Å². The molecular weight excluding hydrogens is 468 g/mol. The molecule has 0 N–H and O–H groups in total. The molecule has 0 heteroatoms. The van der Waals surface area contributed by atoms with E-state index in [1.54, 1.807) is 0 Å². The van der Waals surface area contributed by atoms with Crippen LogP contribution in [0.4, 0.5) is 0 Å². The number of hydrogen-bond acceptors (Lipinski definition) is 0. The first kappa shape index (κ1) is 48.7. The van der Waals surface area contributed by atoms with Gasteiger partial charge < -0.3 is 0 Å². The molecule has 4 unspecified atom stereocenters. The van der Waals surface area contributed by atoms with Gasteiger partial charge in [-0.2, -0.15) is 0 Å². The summed E-state index contributed by atoms with van der Waals surface area (Å²) in [6.45, 7) is 40.5. The quantitative estimate of drug-likeness (QED) is 0.157. The zero-order chi connectivity index (χ0) is 31.9. The Morgan fingerprint density at radius 2 is 0.897 bits per heavy atom. The van der Waals surface area contributed by atoms with Gasteiger partial charge in [0, 0.05) is 0 Å². The standard InChI is InChI=1S/C22H46.C11H24.3C2H6/c1-8-10-15-22(12-9-2)21(7)17-16-19(5)13-11-14-20(6)18(3)4;1-6-8-10(9-7-2)11(3,4)5;3*1-2/h18-22H,8-17H2,1-7H3;10H,6-9H2,1-5H3;3*1-2H3. The summed E-state index contributed by atoms with van der Waals surface area (Å²) in [6.07, 6.45) is 19.7. The van der Waals surface area contributed by atoms with E-state index < -0.39 is 0 Å². The Kier molecular flexibility index (Phi) is 45.0. The molecule has 0 saturated carbocycles. The van der Waals surface area contributed by atoms with E-state index in [4.69, 9.17) is 0 Å². The first-order valence-electron chi connectivity index (χ1n) is 18.4. The molecular formula is C39H88. The molecule has 0 heterocycles. The van der Waals surface area contributed by atoms with Gasteiger partial charge in [0.05, 0.1) is 0 Å². The summed E-state index contributed by atoms with van der Waals surface area (Å²) in [5.74, 6) is 5.52. The third-order valence-electron chi connectivity index (χ3n) is 8.50. The highest BCUT2D eigenvalue weighted by molar-refractivity contribution is 4.73. The number of hydrogen-bond donors (Lipinski definition) is 0. The van der Waals surface area contributed by atoms with Gasteiger partial charge in [0.15, 0.2) is 0 Å². The maximum absolute atomic E-state index is 2.52. The lowest BCUT2D eigenvalue weighted by molar-refractivity contribution is 0.209.